The second-order valence-corrected chi connectivity index (χ2v) is 9.59. The SMILES string of the molecule is CNC(=O)[C@H](C)N(Cc1ccc(Cl)cc1)C(=O)CN(c1cc(OC)ccc1OC)S(C)(=O)=O. The Morgan fingerprint density at radius 1 is 1.09 bits per heavy atom. The number of nitrogens with one attached hydrogen (secondary N) is 1. The summed E-state index contributed by atoms with van der Waals surface area (Å²) in [4.78, 5) is 27.1. The van der Waals surface area contributed by atoms with Crippen LogP contribution in [0.25, 0.3) is 0 Å². The monoisotopic (exact) mass is 497 g/mol. The molecule has 0 radical (unpaired) electrons. The molecule has 0 aliphatic rings. The number of halogens is 1. The van der Waals surface area contributed by atoms with Crippen LogP contribution in [0.5, 0.6) is 11.5 Å². The van der Waals surface area contributed by atoms with E-state index in [1.807, 2.05) is 0 Å². The minimum absolute atomic E-state index is 0.0808. The van der Waals surface area contributed by atoms with Crippen LogP contribution in [0.1, 0.15) is 12.5 Å². The fourth-order valence-corrected chi connectivity index (χ4v) is 4.14. The number of ether oxygens (including phenoxy) is 2. The lowest BCUT2D eigenvalue weighted by Crippen LogP contribution is -2.50. The molecule has 33 heavy (non-hydrogen) atoms. The van der Waals surface area contributed by atoms with Gasteiger partial charge in [-0.25, -0.2) is 8.42 Å². The summed E-state index contributed by atoms with van der Waals surface area (Å²) >= 11 is 5.95. The van der Waals surface area contributed by atoms with Gasteiger partial charge < -0.3 is 19.7 Å². The van der Waals surface area contributed by atoms with Crippen LogP contribution < -0.4 is 19.1 Å². The number of amides is 2. The molecular weight excluding hydrogens is 470 g/mol. The first-order valence-corrected chi connectivity index (χ1v) is 12.2. The number of nitrogens with zero attached hydrogens (tertiary/aromatic N) is 2. The molecule has 0 fully saturated rings. The van der Waals surface area contributed by atoms with Crippen LogP contribution >= 0.6 is 11.6 Å². The van der Waals surface area contributed by atoms with E-state index in [0.29, 0.717) is 10.8 Å². The summed E-state index contributed by atoms with van der Waals surface area (Å²) in [5.74, 6) is -0.320. The fraction of sp³-hybridized carbons (Fsp3) is 0.364. The highest BCUT2D eigenvalue weighted by atomic mass is 35.5. The number of likely N-dealkylation sites (N-methyl/N-ethyl adjacent to an activating group) is 1. The maximum atomic E-state index is 13.4. The van der Waals surface area contributed by atoms with Crippen molar-refractivity contribution in [3.05, 3.63) is 53.1 Å². The first-order chi connectivity index (χ1) is 15.5. The lowest BCUT2D eigenvalue weighted by atomic mass is 10.1. The van der Waals surface area contributed by atoms with Crippen molar-refractivity contribution in [2.75, 3.05) is 38.4 Å². The van der Waals surface area contributed by atoms with Crippen LogP contribution in [-0.4, -0.2) is 65.2 Å². The summed E-state index contributed by atoms with van der Waals surface area (Å²) in [6, 6.07) is 10.6. The molecule has 0 unspecified atom stereocenters. The van der Waals surface area contributed by atoms with Gasteiger partial charge in [-0.1, -0.05) is 23.7 Å². The smallest absolute Gasteiger partial charge is 0.244 e. The molecule has 2 rings (SSSR count). The van der Waals surface area contributed by atoms with Gasteiger partial charge >= 0.3 is 0 Å². The van der Waals surface area contributed by atoms with Gasteiger partial charge in [-0.2, -0.15) is 0 Å². The zero-order valence-corrected chi connectivity index (χ0v) is 20.7. The van der Waals surface area contributed by atoms with E-state index in [-0.39, 0.29) is 23.9 Å². The van der Waals surface area contributed by atoms with Crippen molar-refractivity contribution in [3.8, 4) is 11.5 Å². The third-order valence-electron chi connectivity index (χ3n) is 5.01. The van der Waals surface area contributed by atoms with Crippen molar-refractivity contribution in [1.82, 2.24) is 10.2 Å². The van der Waals surface area contributed by atoms with Crippen molar-refractivity contribution in [1.29, 1.82) is 0 Å². The standard InChI is InChI=1S/C22H28ClN3O6S/c1-15(22(28)24-2)25(13-16-6-8-17(23)9-7-16)21(27)14-26(33(5,29)30)19-12-18(31-3)10-11-20(19)32-4/h6-12,15H,13-14H2,1-5H3,(H,24,28)/t15-/m0/s1. The largest absolute Gasteiger partial charge is 0.497 e. The molecular formula is C22H28ClN3O6S. The molecule has 0 aliphatic carbocycles. The normalized spacial score (nSPS) is 11.9. The summed E-state index contributed by atoms with van der Waals surface area (Å²) in [7, 11) is 0.406. The second kappa shape index (κ2) is 11.2. The molecule has 1 N–H and O–H groups in total. The highest BCUT2D eigenvalue weighted by Crippen LogP contribution is 2.34. The van der Waals surface area contributed by atoms with Gasteiger partial charge in [0.25, 0.3) is 0 Å². The lowest BCUT2D eigenvalue weighted by molar-refractivity contribution is -0.139. The first-order valence-electron chi connectivity index (χ1n) is 9.97. The molecule has 2 amide bonds. The summed E-state index contributed by atoms with van der Waals surface area (Å²) in [6.07, 6.45) is 0.991. The Bertz CT molecular complexity index is 1090. The van der Waals surface area contributed by atoms with Gasteiger partial charge in [-0.3, -0.25) is 13.9 Å². The first kappa shape index (κ1) is 26.3. The highest BCUT2D eigenvalue weighted by Gasteiger charge is 2.31. The van der Waals surface area contributed by atoms with Crippen molar-refractivity contribution in [2.24, 2.45) is 0 Å². The van der Waals surface area contributed by atoms with Gasteiger partial charge in [0.05, 0.1) is 26.2 Å². The molecule has 9 nitrogen and oxygen atoms in total. The molecule has 0 heterocycles. The molecule has 0 spiro atoms. The maximum Gasteiger partial charge on any atom is 0.244 e. The molecule has 1 atom stereocenters. The number of rotatable bonds is 10. The Morgan fingerprint density at radius 2 is 1.73 bits per heavy atom. The lowest BCUT2D eigenvalue weighted by Gasteiger charge is -2.31. The van der Waals surface area contributed by atoms with Gasteiger partial charge in [0.15, 0.2) is 0 Å². The van der Waals surface area contributed by atoms with Crippen molar-refractivity contribution >= 4 is 39.1 Å². The van der Waals surface area contributed by atoms with Gasteiger partial charge in [0.1, 0.15) is 24.1 Å². The van der Waals surface area contributed by atoms with E-state index in [0.717, 1.165) is 16.1 Å². The maximum absolute atomic E-state index is 13.4. The summed E-state index contributed by atoms with van der Waals surface area (Å²) < 4.78 is 36.8. The Morgan fingerprint density at radius 3 is 2.24 bits per heavy atom. The van der Waals surface area contributed by atoms with Crippen LogP contribution in [0.15, 0.2) is 42.5 Å². The number of hydrogen-bond acceptors (Lipinski definition) is 6. The van der Waals surface area contributed by atoms with Crippen molar-refractivity contribution in [3.63, 3.8) is 0 Å². The van der Waals surface area contributed by atoms with Crippen LogP contribution in [0.2, 0.25) is 5.02 Å². The Balaban J connectivity index is 2.46. The average Bonchev–Trinajstić information content (AvgIpc) is 2.79. The van der Waals surface area contributed by atoms with E-state index in [4.69, 9.17) is 21.1 Å². The van der Waals surface area contributed by atoms with Crippen LogP contribution in [0.4, 0.5) is 5.69 Å². The Hall–Kier alpha value is -2.98. The summed E-state index contributed by atoms with van der Waals surface area (Å²) in [5, 5.41) is 3.05. The van der Waals surface area contributed by atoms with Crippen LogP contribution in [0.3, 0.4) is 0 Å². The van der Waals surface area contributed by atoms with E-state index in [9.17, 15) is 18.0 Å². The van der Waals surface area contributed by atoms with Crippen LogP contribution in [-0.2, 0) is 26.2 Å². The number of hydrogen-bond donors (Lipinski definition) is 1. The molecule has 0 bridgehead atoms. The van der Waals surface area contributed by atoms with Gasteiger partial charge in [0.2, 0.25) is 21.8 Å². The number of methoxy groups -OCH3 is 2. The van der Waals surface area contributed by atoms with Gasteiger partial charge in [0, 0.05) is 24.7 Å². The molecule has 2 aromatic carbocycles. The predicted octanol–water partition coefficient (Wildman–Crippen LogP) is 2.29. The number of sulfonamides is 1. The molecule has 2 aromatic rings. The topological polar surface area (TPSA) is 105 Å². The van der Waals surface area contributed by atoms with E-state index in [2.05, 4.69) is 5.32 Å². The average molecular weight is 498 g/mol. The highest BCUT2D eigenvalue weighted by molar-refractivity contribution is 7.92. The van der Waals surface area contributed by atoms with E-state index < -0.39 is 28.5 Å². The molecule has 0 aliphatic heterocycles. The van der Waals surface area contributed by atoms with E-state index in [1.54, 1.807) is 43.3 Å². The number of benzene rings is 2. The zero-order chi connectivity index (χ0) is 24.8. The predicted molar refractivity (Wildman–Crippen MR) is 127 cm³/mol. The van der Waals surface area contributed by atoms with Crippen molar-refractivity contribution < 1.29 is 27.5 Å². The number of carbonyl (C=O) groups is 2. The summed E-state index contributed by atoms with van der Waals surface area (Å²) in [5.41, 5.74) is 0.875. The van der Waals surface area contributed by atoms with Crippen molar-refractivity contribution in [2.45, 2.75) is 19.5 Å². The Labute approximate surface area is 199 Å². The molecule has 180 valence electrons. The molecule has 0 saturated heterocycles. The minimum Gasteiger partial charge on any atom is -0.497 e. The molecule has 0 aromatic heterocycles. The zero-order valence-electron chi connectivity index (χ0n) is 19.2. The fourth-order valence-electron chi connectivity index (χ4n) is 3.16. The number of anilines is 1. The van der Waals surface area contributed by atoms with Gasteiger partial charge in [-0.05, 0) is 36.8 Å². The number of carbonyl (C=O) groups excluding carboxylic acids is 2. The van der Waals surface area contributed by atoms with E-state index in [1.165, 1.54) is 32.2 Å². The molecule has 11 heteroatoms. The Kier molecular flexibility index (Phi) is 8.95. The van der Waals surface area contributed by atoms with Gasteiger partial charge in [-0.15, -0.1) is 0 Å². The quantitative estimate of drug-likeness (QED) is 0.540. The summed E-state index contributed by atoms with van der Waals surface area (Å²) in [6.45, 7) is 1.11. The second-order valence-electron chi connectivity index (χ2n) is 7.25. The van der Waals surface area contributed by atoms with E-state index >= 15 is 0 Å². The van der Waals surface area contributed by atoms with Crippen LogP contribution in [0, 0.1) is 0 Å². The minimum atomic E-state index is -3.90. The third-order valence-corrected chi connectivity index (χ3v) is 6.39. The third kappa shape index (κ3) is 6.75. The molecule has 0 saturated carbocycles.